The van der Waals surface area contributed by atoms with E-state index in [2.05, 4.69) is 5.10 Å². The van der Waals surface area contributed by atoms with Crippen LogP contribution in [0.3, 0.4) is 0 Å². The number of aromatic amines is 2. The molecular formula is C5H8N4O4. The molecule has 0 bridgehead atoms. The maximum Gasteiger partial charge on any atom is 0.344 e. The first-order valence-electron chi connectivity index (χ1n) is 3.38. The highest BCUT2D eigenvalue weighted by atomic mass is 16.4. The standard InChI is InChI=1S/C5H8N4O4/c6-2(3(10)11)1-9-5(13)7-4(12)8-9/h2H,1,6H2,(H,10,11)(H2,7,8,12,13)/t2-/m0/s1. The van der Waals surface area contributed by atoms with Crippen molar-refractivity contribution in [1.82, 2.24) is 14.8 Å². The molecule has 8 nitrogen and oxygen atoms in total. The van der Waals surface area contributed by atoms with Crippen LogP contribution in [0.1, 0.15) is 0 Å². The zero-order chi connectivity index (χ0) is 10.0. The minimum atomic E-state index is -1.24. The fourth-order valence-electron chi connectivity index (χ4n) is 0.769. The summed E-state index contributed by atoms with van der Waals surface area (Å²) in [5.41, 5.74) is 3.73. The van der Waals surface area contributed by atoms with Gasteiger partial charge in [-0.05, 0) is 0 Å². The maximum atomic E-state index is 10.8. The zero-order valence-electron chi connectivity index (χ0n) is 6.48. The number of carboxylic acids is 1. The molecule has 0 aliphatic carbocycles. The Hall–Kier alpha value is -1.83. The van der Waals surface area contributed by atoms with E-state index in [0.717, 1.165) is 4.68 Å². The predicted molar refractivity (Wildman–Crippen MR) is 41.3 cm³/mol. The van der Waals surface area contributed by atoms with E-state index < -0.39 is 23.4 Å². The van der Waals surface area contributed by atoms with Gasteiger partial charge >= 0.3 is 17.3 Å². The van der Waals surface area contributed by atoms with Gasteiger partial charge in [-0.3, -0.25) is 9.78 Å². The Morgan fingerprint density at radius 3 is 2.62 bits per heavy atom. The van der Waals surface area contributed by atoms with E-state index in [1.807, 2.05) is 4.98 Å². The summed E-state index contributed by atoms with van der Waals surface area (Å²) in [5, 5.41) is 10.5. The summed E-state index contributed by atoms with van der Waals surface area (Å²) in [5.74, 6) is -1.24. The smallest absolute Gasteiger partial charge is 0.344 e. The summed E-state index contributed by atoms with van der Waals surface area (Å²) in [6.45, 7) is -0.271. The van der Waals surface area contributed by atoms with Gasteiger partial charge < -0.3 is 10.8 Å². The van der Waals surface area contributed by atoms with Crippen molar-refractivity contribution in [3.8, 4) is 0 Å². The maximum absolute atomic E-state index is 10.8. The molecule has 0 saturated heterocycles. The van der Waals surface area contributed by atoms with Gasteiger partial charge in [-0.1, -0.05) is 0 Å². The van der Waals surface area contributed by atoms with Crippen molar-refractivity contribution in [2.24, 2.45) is 5.73 Å². The highest BCUT2D eigenvalue weighted by molar-refractivity contribution is 5.72. The minimum Gasteiger partial charge on any atom is -0.480 e. The first-order chi connectivity index (χ1) is 6.00. The van der Waals surface area contributed by atoms with E-state index in [0.29, 0.717) is 0 Å². The van der Waals surface area contributed by atoms with Gasteiger partial charge in [0.2, 0.25) is 0 Å². The van der Waals surface area contributed by atoms with Crippen LogP contribution in [0.25, 0.3) is 0 Å². The highest BCUT2D eigenvalue weighted by Crippen LogP contribution is 1.80. The number of carboxylic acid groups (broad SMARTS) is 1. The number of nitrogens with zero attached hydrogens (tertiary/aromatic N) is 1. The number of aromatic nitrogens is 3. The topological polar surface area (TPSA) is 134 Å². The van der Waals surface area contributed by atoms with Crippen molar-refractivity contribution in [3.05, 3.63) is 21.0 Å². The van der Waals surface area contributed by atoms with Gasteiger partial charge in [0.1, 0.15) is 6.04 Å². The molecule has 5 N–H and O–H groups in total. The molecule has 1 atom stereocenters. The molecule has 1 aromatic rings. The van der Waals surface area contributed by atoms with E-state index >= 15 is 0 Å². The Labute approximate surface area is 71.0 Å². The Balaban J connectivity index is 2.86. The van der Waals surface area contributed by atoms with Crippen LogP contribution in [0, 0.1) is 0 Å². The first kappa shape index (κ1) is 9.26. The SMILES string of the molecule is N[C@@H](Cn1[nH]c(=O)[nH]c1=O)C(=O)O. The molecule has 0 aliphatic rings. The quantitative estimate of drug-likeness (QED) is 0.408. The second-order valence-corrected chi connectivity index (χ2v) is 2.43. The number of aliphatic carboxylic acids is 1. The monoisotopic (exact) mass is 188 g/mol. The van der Waals surface area contributed by atoms with Crippen molar-refractivity contribution < 1.29 is 9.90 Å². The van der Waals surface area contributed by atoms with Crippen LogP contribution >= 0.6 is 0 Å². The molecule has 0 fully saturated rings. The lowest BCUT2D eigenvalue weighted by atomic mass is 10.3. The number of rotatable bonds is 3. The van der Waals surface area contributed by atoms with E-state index in [1.165, 1.54) is 0 Å². The van der Waals surface area contributed by atoms with Crippen molar-refractivity contribution in [2.45, 2.75) is 12.6 Å². The molecule has 0 radical (unpaired) electrons. The van der Waals surface area contributed by atoms with Gasteiger partial charge in [0.05, 0.1) is 6.54 Å². The fourth-order valence-corrected chi connectivity index (χ4v) is 0.769. The summed E-state index contributed by atoms with van der Waals surface area (Å²) in [4.78, 5) is 33.5. The molecule has 0 amide bonds. The molecule has 0 spiro atoms. The summed E-state index contributed by atoms with van der Waals surface area (Å²) < 4.78 is 0.807. The Morgan fingerprint density at radius 1 is 1.62 bits per heavy atom. The van der Waals surface area contributed by atoms with Crippen LogP contribution in [0.2, 0.25) is 0 Å². The minimum absolute atomic E-state index is 0.271. The molecule has 0 unspecified atom stereocenters. The molecule has 72 valence electrons. The van der Waals surface area contributed by atoms with Crippen LogP contribution in [0.5, 0.6) is 0 Å². The molecule has 1 heterocycles. The third-order valence-corrected chi connectivity index (χ3v) is 1.40. The van der Waals surface area contributed by atoms with E-state index in [9.17, 15) is 14.4 Å². The lowest BCUT2D eigenvalue weighted by Gasteiger charge is -2.04. The third-order valence-electron chi connectivity index (χ3n) is 1.40. The number of H-pyrrole nitrogens is 2. The summed E-state index contributed by atoms with van der Waals surface area (Å²) in [7, 11) is 0. The number of nitrogens with one attached hydrogen (secondary N) is 2. The second kappa shape index (κ2) is 3.27. The first-order valence-corrected chi connectivity index (χ1v) is 3.38. The molecule has 8 heteroatoms. The van der Waals surface area contributed by atoms with Gasteiger partial charge in [-0.2, -0.15) is 0 Å². The normalized spacial score (nSPS) is 12.7. The number of hydrogen-bond donors (Lipinski definition) is 4. The fraction of sp³-hybridized carbons (Fsp3) is 0.400. The van der Waals surface area contributed by atoms with Crippen molar-refractivity contribution in [2.75, 3.05) is 0 Å². The van der Waals surface area contributed by atoms with Gasteiger partial charge in [-0.15, -0.1) is 0 Å². The number of nitrogens with two attached hydrogens (primary N) is 1. The lowest BCUT2D eigenvalue weighted by molar-refractivity contribution is -0.138. The molecule has 0 aliphatic heterocycles. The van der Waals surface area contributed by atoms with Gasteiger partial charge in [-0.25, -0.2) is 19.4 Å². The third kappa shape index (κ3) is 2.06. The molecule has 1 aromatic heterocycles. The average Bonchev–Trinajstić information content (AvgIpc) is 2.30. The van der Waals surface area contributed by atoms with Crippen LogP contribution in [-0.4, -0.2) is 31.9 Å². The van der Waals surface area contributed by atoms with Crippen molar-refractivity contribution in [1.29, 1.82) is 0 Å². The molecular weight excluding hydrogens is 180 g/mol. The zero-order valence-corrected chi connectivity index (χ0v) is 6.48. The van der Waals surface area contributed by atoms with Crippen LogP contribution in [0.15, 0.2) is 9.59 Å². The molecule has 0 aromatic carbocycles. The average molecular weight is 188 g/mol. The van der Waals surface area contributed by atoms with Crippen LogP contribution in [0.4, 0.5) is 0 Å². The highest BCUT2D eigenvalue weighted by Gasteiger charge is 2.13. The molecule has 0 saturated carbocycles. The summed E-state index contributed by atoms with van der Waals surface area (Å²) in [6.07, 6.45) is 0. The van der Waals surface area contributed by atoms with Crippen molar-refractivity contribution in [3.63, 3.8) is 0 Å². The van der Waals surface area contributed by atoms with Crippen molar-refractivity contribution >= 4 is 5.97 Å². The largest absolute Gasteiger partial charge is 0.480 e. The summed E-state index contributed by atoms with van der Waals surface area (Å²) in [6, 6.07) is -1.22. The van der Waals surface area contributed by atoms with Crippen LogP contribution < -0.4 is 17.1 Å². The number of hydrogen-bond acceptors (Lipinski definition) is 4. The Kier molecular flexibility index (Phi) is 2.33. The Bertz CT molecular complexity index is 413. The van der Waals surface area contributed by atoms with Gasteiger partial charge in [0, 0.05) is 0 Å². The molecule has 13 heavy (non-hydrogen) atoms. The summed E-state index contributed by atoms with van der Waals surface area (Å²) >= 11 is 0. The predicted octanol–water partition coefficient (Wildman–Crippen LogP) is -2.72. The number of carbonyl (C=O) groups is 1. The van der Waals surface area contributed by atoms with Gasteiger partial charge in [0.15, 0.2) is 0 Å². The van der Waals surface area contributed by atoms with Crippen LogP contribution in [-0.2, 0) is 11.3 Å². The Morgan fingerprint density at radius 2 is 2.23 bits per heavy atom. The van der Waals surface area contributed by atoms with E-state index in [1.54, 1.807) is 0 Å². The lowest BCUT2D eigenvalue weighted by Crippen LogP contribution is -2.37. The van der Waals surface area contributed by atoms with E-state index in [4.69, 9.17) is 10.8 Å². The molecule has 1 rings (SSSR count). The second-order valence-electron chi connectivity index (χ2n) is 2.43. The van der Waals surface area contributed by atoms with Gasteiger partial charge in [0.25, 0.3) is 0 Å². The van der Waals surface area contributed by atoms with E-state index in [-0.39, 0.29) is 6.54 Å².